The van der Waals surface area contributed by atoms with Gasteiger partial charge in [0.2, 0.25) is 11.8 Å². The third kappa shape index (κ3) is 5.12. The van der Waals surface area contributed by atoms with Crippen molar-refractivity contribution in [2.45, 2.75) is 30.0 Å². The summed E-state index contributed by atoms with van der Waals surface area (Å²) in [7, 11) is 0. The first-order chi connectivity index (χ1) is 13.6. The molecule has 9 heteroatoms. The van der Waals surface area contributed by atoms with Crippen molar-refractivity contribution < 1.29 is 9.59 Å². The van der Waals surface area contributed by atoms with Gasteiger partial charge in [0.15, 0.2) is 0 Å². The molecule has 29 heavy (non-hydrogen) atoms. The number of carbonyl (C=O) groups is 2. The zero-order valence-corrected chi connectivity index (χ0v) is 19.0. The van der Waals surface area contributed by atoms with Gasteiger partial charge in [0, 0.05) is 28.1 Å². The van der Waals surface area contributed by atoms with Crippen molar-refractivity contribution in [3.63, 3.8) is 0 Å². The van der Waals surface area contributed by atoms with Gasteiger partial charge in [-0.2, -0.15) is 0 Å². The maximum absolute atomic E-state index is 12.8. The Hall–Kier alpha value is -1.17. The summed E-state index contributed by atoms with van der Waals surface area (Å²) in [5.74, 6) is -1.64. The maximum atomic E-state index is 12.8. The topological polar surface area (TPSA) is 58.2 Å². The first-order valence-electron chi connectivity index (χ1n) is 8.87. The Morgan fingerprint density at radius 2 is 1.66 bits per heavy atom. The minimum atomic E-state index is -1.28. The quantitative estimate of drug-likeness (QED) is 0.429. The van der Waals surface area contributed by atoms with E-state index >= 15 is 0 Å². The number of anilines is 2. The summed E-state index contributed by atoms with van der Waals surface area (Å²) in [6, 6.07) is 9.78. The van der Waals surface area contributed by atoms with Gasteiger partial charge in [-0.15, -0.1) is 23.2 Å². The van der Waals surface area contributed by atoms with E-state index in [1.807, 2.05) is 6.92 Å². The van der Waals surface area contributed by atoms with Gasteiger partial charge in [0.05, 0.1) is 16.6 Å². The molecule has 0 radical (unpaired) electrons. The molecule has 2 atom stereocenters. The van der Waals surface area contributed by atoms with Crippen molar-refractivity contribution in [1.82, 2.24) is 0 Å². The fourth-order valence-corrected chi connectivity index (χ4v) is 4.72. The van der Waals surface area contributed by atoms with E-state index in [9.17, 15) is 9.59 Å². The molecule has 0 bridgehead atoms. The number of alkyl halides is 2. The molecular weight excluding hydrogens is 477 g/mol. The summed E-state index contributed by atoms with van der Waals surface area (Å²) < 4.78 is -1.28. The van der Waals surface area contributed by atoms with E-state index in [0.717, 1.165) is 0 Å². The number of rotatable bonds is 6. The van der Waals surface area contributed by atoms with Gasteiger partial charge in [-0.3, -0.25) is 9.59 Å². The lowest BCUT2D eigenvalue weighted by atomic mass is 10.1. The van der Waals surface area contributed by atoms with Crippen LogP contribution in [0.15, 0.2) is 36.4 Å². The van der Waals surface area contributed by atoms with E-state index in [-0.39, 0.29) is 11.8 Å². The predicted octanol–water partition coefficient (Wildman–Crippen LogP) is 6.91. The molecular formula is C20H17Cl5N2O2. The third-order valence-corrected chi connectivity index (χ3v) is 6.27. The van der Waals surface area contributed by atoms with Gasteiger partial charge in [-0.05, 0) is 48.4 Å². The minimum absolute atomic E-state index is 0.154. The van der Waals surface area contributed by atoms with Crippen LogP contribution in [0.5, 0.6) is 0 Å². The molecule has 2 aromatic carbocycles. The summed E-state index contributed by atoms with van der Waals surface area (Å²) in [6.07, 6.45) is 1.09. The molecule has 3 rings (SSSR count). The van der Waals surface area contributed by atoms with Gasteiger partial charge < -0.3 is 10.6 Å². The fraction of sp³-hybridized carbons (Fsp3) is 0.300. The molecule has 1 aliphatic rings. The first kappa shape index (κ1) is 22.5. The third-order valence-electron chi connectivity index (χ3n) is 4.57. The smallest absolute Gasteiger partial charge is 0.231 e. The van der Waals surface area contributed by atoms with Crippen molar-refractivity contribution in [2.75, 3.05) is 10.6 Å². The second-order valence-electron chi connectivity index (χ2n) is 6.81. The molecule has 2 aromatic rings. The van der Waals surface area contributed by atoms with Crippen LogP contribution in [0.1, 0.15) is 31.2 Å². The second-order valence-corrected chi connectivity index (χ2v) is 9.54. The molecule has 4 nitrogen and oxygen atoms in total. The first-order valence-corrected chi connectivity index (χ1v) is 10.8. The minimum Gasteiger partial charge on any atom is -0.326 e. The van der Waals surface area contributed by atoms with Gasteiger partial charge in [-0.25, -0.2) is 0 Å². The Labute approximate surface area is 193 Å². The predicted molar refractivity (Wildman–Crippen MR) is 121 cm³/mol. The molecule has 0 heterocycles. The lowest BCUT2D eigenvalue weighted by Crippen LogP contribution is -2.17. The summed E-state index contributed by atoms with van der Waals surface area (Å²) in [6.45, 7) is 1.90. The number of benzene rings is 2. The Balaban J connectivity index is 1.75. The lowest BCUT2D eigenvalue weighted by Gasteiger charge is -2.10. The van der Waals surface area contributed by atoms with Crippen LogP contribution in [0.4, 0.5) is 11.4 Å². The van der Waals surface area contributed by atoms with E-state index in [1.54, 1.807) is 36.4 Å². The summed E-state index contributed by atoms with van der Waals surface area (Å²) >= 11 is 31.0. The van der Waals surface area contributed by atoms with Crippen LogP contribution in [-0.4, -0.2) is 16.1 Å². The van der Waals surface area contributed by atoms with Crippen LogP contribution in [0, 0.1) is 5.92 Å². The Morgan fingerprint density at radius 3 is 2.28 bits per heavy atom. The van der Waals surface area contributed by atoms with Crippen molar-refractivity contribution in [3.05, 3.63) is 57.0 Å². The zero-order valence-electron chi connectivity index (χ0n) is 15.2. The second kappa shape index (κ2) is 8.91. The number of amides is 2. The van der Waals surface area contributed by atoms with Crippen LogP contribution >= 0.6 is 58.0 Å². The van der Waals surface area contributed by atoms with E-state index in [2.05, 4.69) is 10.6 Å². The van der Waals surface area contributed by atoms with E-state index in [0.29, 0.717) is 44.8 Å². The molecule has 0 aliphatic heterocycles. The monoisotopic (exact) mass is 492 g/mol. The van der Waals surface area contributed by atoms with Crippen LogP contribution in [0.25, 0.3) is 0 Å². The molecule has 0 unspecified atom stereocenters. The van der Waals surface area contributed by atoms with E-state index < -0.39 is 16.2 Å². The van der Waals surface area contributed by atoms with E-state index in [1.165, 1.54) is 0 Å². The molecule has 154 valence electrons. The average molecular weight is 495 g/mol. The highest BCUT2D eigenvalue weighted by Crippen LogP contribution is 2.65. The van der Waals surface area contributed by atoms with Gasteiger partial charge >= 0.3 is 0 Å². The SMILES string of the molecule is CCCC(=O)Nc1cc(NC(=O)[C@H]2[C@H](c3cc(Cl)cc(Cl)c3)C2(Cl)Cl)ccc1Cl. The number of hydrogen-bond acceptors (Lipinski definition) is 2. The highest BCUT2D eigenvalue weighted by molar-refractivity contribution is 6.53. The largest absolute Gasteiger partial charge is 0.326 e. The van der Waals surface area contributed by atoms with Gasteiger partial charge in [-0.1, -0.05) is 41.7 Å². The molecule has 1 saturated carbocycles. The van der Waals surface area contributed by atoms with Gasteiger partial charge in [0.25, 0.3) is 0 Å². The molecule has 1 fully saturated rings. The summed E-state index contributed by atoms with van der Waals surface area (Å²) in [5, 5.41) is 6.75. The van der Waals surface area contributed by atoms with Crippen LogP contribution in [-0.2, 0) is 9.59 Å². The Kier molecular flexibility index (Phi) is 6.91. The summed E-state index contributed by atoms with van der Waals surface area (Å²) in [5.41, 5.74) is 1.57. The maximum Gasteiger partial charge on any atom is 0.231 e. The van der Waals surface area contributed by atoms with Crippen molar-refractivity contribution >= 4 is 81.2 Å². The number of carbonyl (C=O) groups excluding carboxylic acids is 2. The van der Waals surface area contributed by atoms with E-state index in [4.69, 9.17) is 58.0 Å². The summed E-state index contributed by atoms with van der Waals surface area (Å²) in [4.78, 5) is 24.6. The van der Waals surface area contributed by atoms with Crippen LogP contribution < -0.4 is 10.6 Å². The molecule has 2 amide bonds. The number of nitrogens with one attached hydrogen (secondary N) is 2. The van der Waals surface area contributed by atoms with Gasteiger partial charge in [0.1, 0.15) is 4.33 Å². The molecule has 2 N–H and O–H groups in total. The molecule has 0 spiro atoms. The molecule has 1 aliphatic carbocycles. The fourth-order valence-electron chi connectivity index (χ4n) is 3.18. The lowest BCUT2D eigenvalue weighted by molar-refractivity contribution is -0.117. The standard InChI is InChI=1S/C20H17Cl5N2O2/c1-2-3-16(28)27-15-9-13(4-5-14(15)23)26-19(29)18-17(20(18,24)25)10-6-11(21)8-12(22)7-10/h4-9,17-18H,2-3H2,1H3,(H,26,29)(H,27,28)/t17-,18+/m0/s1. The Bertz CT molecular complexity index is 944. The van der Waals surface area contributed by atoms with Crippen LogP contribution in [0.2, 0.25) is 15.1 Å². The normalized spacial score (nSPS) is 19.5. The Morgan fingerprint density at radius 1 is 1.00 bits per heavy atom. The van der Waals surface area contributed by atoms with Crippen molar-refractivity contribution in [1.29, 1.82) is 0 Å². The average Bonchev–Trinajstić information content (AvgIpc) is 3.19. The van der Waals surface area contributed by atoms with Crippen molar-refractivity contribution in [2.24, 2.45) is 5.92 Å². The molecule has 0 saturated heterocycles. The highest BCUT2D eigenvalue weighted by atomic mass is 35.5. The van der Waals surface area contributed by atoms with Crippen molar-refractivity contribution in [3.8, 4) is 0 Å². The molecule has 0 aromatic heterocycles. The van der Waals surface area contributed by atoms with Crippen LogP contribution in [0.3, 0.4) is 0 Å². The highest BCUT2D eigenvalue weighted by Gasteiger charge is 2.67. The number of hydrogen-bond donors (Lipinski definition) is 2. The zero-order chi connectivity index (χ0) is 21.3. The number of halogens is 5.